The summed E-state index contributed by atoms with van der Waals surface area (Å²) in [6, 6.07) is 6.52. The third-order valence-electron chi connectivity index (χ3n) is 2.87. The number of hydrogen-bond acceptors (Lipinski definition) is 3. The van der Waals surface area contributed by atoms with E-state index in [-0.39, 0.29) is 0 Å². The van der Waals surface area contributed by atoms with E-state index in [2.05, 4.69) is 17.6 Å². The Hall–Kier alpha value is -1.06. The molecule has 0 fully saturated rings. The van der Waals surface area contributed by atoms with Gasteiger partial charge in [0.15, 0.2) is 0 Å². The van der Waals surface area contributed by atoms with Crippen molar-refractivity contribution in [3.8, 4) is 5.75 Å². The van der Waals surface area contributed by atoms with Crippen molar-refractivity contribution in [1.82, 2.24) is 5.43 Å². The average molecular weight is 192 g/mol. The molecule has 1 atom stereocenters. The molecule has 0 aliphatic heterocycles. The molecule has 0 amide bonds. The highest BCUT2D eigenvalue weighted by atomic mass is 16.5. The minimum atomic E-state index is 0.310. The molecule has 0 aromatic heterocycles. The average Bonchev–Trinajstić information content (AvgIpc) is 2.27. The normalized spacial score (nSPS) is 20.3. The van der Waals surface area contributed by atoms with Gasteiger partial charge in [0.1, 0.15) is 5.75 Å². The van der Waals surface area contributed by atoms with Gasteiger partial charge in [-0.1, -0.05) is 6.07 Å². The summed E-state index contributed by atoms with van der Waals surface area (Å²) in [5.74, 6) is 6.44. The lowest BCUT2D eigenvalue weighted by atomic mass is 9.88. The fourth-order valence-corrected chi connectivity index (χ4v) is 2.09. The first-order valence-electron chi connectivity index (χ1n) is 4.98. The van der Waals surface area contributed by atoms with Crippen LogP contribution in [0.5, 0.6) is 5.75 Å². The van der Waals surface area contributed by atoms with E-state index in [1.165, 1.54) is 17.5 Å². The van der Waals surface area contributed by atoms with Crippen LogP contribution in [0.15, 0.2) is 18.2 Å². The number of hydrogen-bond donors (Lipinski definition) is 2. The molecule has 2 rings (SSSR count). The summed E-state index contributed by atoms with van der Waals surface area (Å²) in [5.41, 5.74) is 5.54. The summed E-state index contributed by atoms with van der Waals surface area (Å²) in [5, 5.41) is 0. The van der Waals surface area contributed by atoms with Gasteiger partial charge in [-0.05, 0) is 42.5 Å². The maximum absolute atomic E-state index is 5.51. The maximum Gasteiger partial charge on any atom is 0.119 e. The largest absolute Gasteiger partial charge is 0.497 e. The highest BCUT2D eigenvalue weighted by Crippen LogP contribution is 2.31. The minimum Gasteiger partial charge on any atom is -0.497 e. The molecule has 1 unspecified atom stereocenters. The van der Waals surface area contributed by atoms with Crippen molar-refractivity contribution >= 4 is 0 Å². The Morgan fingerprint density at radius 2 is 2.36 bits per heavy atom. The highest BCUT2D eigenvalue weighted by molar-refractivity contribution is 5.38. The van der Waals surface area contributed by atoms with Crippen LogP contribution in [0.25, 0.3) is 0 Å². The van der Waals surface area contributed by atoms with E-state index in [0.29, 0.717) is 6.04 Å². The standard InChI is InChI=1S/C11H16N2O/c1-14-9-5-6-10-8(7-9)3-2-4-11(10)13-12/h5-7,11,13H,2-4,12H2,1H3. The topological polar surface area (TPSA) is 47.3 Å². The van der Waals surface area contributed by atoms with Crippen LogP contribution in [-0.2, 0) is 6.42 Å². The van der Waals surface area contributed by atoms with Crippen LogP contribution < -0.4 is 16.0 Å². The second-order valence-corrected chi connectivity index (χ2v) is 3.68. The molecular weight excluding hydrogens is 176 g/mol. The molecule has 0 bridgehead atoms. The zero-order valence-electron chi connectivity index (χ0n) is 8.42. The Morgan fingerprint density at radius 3 is 3.07 bits per heavy atom. The molecule has 0 radical (unpaired) electrons. The van der Waals surface area contributed by atoms with Crippen LogP contribution in [0, 0.1) is 0 Å². The number of ether oxygens (including phenoxy) is 1. The summed E-state index contributed by atoms with van der Waals surface area (Å²) < 4.78 is 5.20. The molecule has 0 saturated carbocycles. The van der Waals surface area contributed by atoms with Crippen LogP contribution in [0.2, 0.25) is 0 Å². The fourth-order valence-electron chi connectivity index (χ4n) is 2.09. The lowest BCUT2D eigenvalue weighted by Gasteiger charge is -2.25. The monoisotopic (exact) mass is 192 g/mol. The number of hydrazine groups is 1. The number of rotatable bonds is 2. The molecule has 1 aromatic carbocycles. The van der Waals surface area contributed by atoms with E-state index >= 15 is 0 Å². The Balaban J connectivity index is 2.35. The van der Waals surface area contributed by atoms with Crippen molar-refractivity contribution < 1.29 is 4.74 Å². The van der Waals surface area contributed by atoms with Gasteiger partial charge in [0.2, 0.25) is 0 Å². The summed E-state index contributed by atoms with van der Waals surface area (Å²) in [7, 11) is 1.70. The van der Waals surface area contributed by atoms with Crippen LogP contribution in [0.4, 0.5) is 0 Å². The van der Waals surface area contributed by atoms with Crippen molar-refractivity contribution in [3.63, 3.8) is 0 Å². The summed E-state index contributed by atoms with van der Waals surface area (Å²) in [4.78, 5) is 0. The predicted octanol–water partition coefficient (Wildman–Crippen LogP) is 1.54. The van der Waals surface area contributed by atoms with Gasteiger partial charge in [0.25, 0.3) is 0 Å². The van der Waals surface area contributed by atoms with E-state index in [1.54, 1.807) is 7.11 Å². The van der Waals surface area contributed by atoms with Crippen molar-refractivity contribution in [3.05, 3.63) is 29.3 Å². The molecular formula is C11H16N2O. The van der Waals surface area contributed by atoms with E-state index in [9.17, 15) is 0 Å². The fraction of sp³-hybridized carbons (Fsp3) is 0.455. The molecule has 14 heavy (non-hydrogen) atoms. The van der Waals surface area contributed by atoms with Gasteiger partial charge in [-0.2, -0.15) is 0 Å². The van der Waals surface area contributed by atoms with Crippen molar-refractivity contribution in [2.45, 2.75) is 25.3 Å². The summed E-state index contributed by atoms with van der Waals surface area (Å²) in [6.07, 6.45) is 3.44. The number of fused-ring (bicyclic) bond motifs is 1. The lowest BCUT2D eigenvalue weighted by molar-refractivity contribution is 0.411. The minimum absolute atomic E-state index is 0.310. The Kier molecular flexibility index (Phi) is 2.70. The first kappa shape index (κ1) is 9.49. The van der Waals surface area contributed by atoms with Gasteiger partial charge in [0, 0.05) is 6.04 Å². The predicted molar refractivity (Wildman–Crippen MR) is 56.0 cm³/mol. The molecule has 3 N–H and O–H groups in total. The number of aryl methyl sites for hydroxylation is 1. The zero-order valence-corrected chi connectivity index (χ0v) is 8.42. The van der Waals surface area contributed by atoms with Crippen molar-refractivity contribution in [1.29, 1.82) is 0 Å². The molecule has 1 aromatic rings. The summed E-state index contributed by atoms with van der Waals surface area (Å²) >= 11 is 0. The molecule has 1 aliphatic rings. The van der Waals surface area contributed by atoms with Crippen LogP contribution in [0.1, 0.15) is 30.0 Å². The Bertz CT molecular complexity index is 325. The zero-order chi connectivity index (χ0) is 9.97. The first-order valence-corrected chi connectivity index (χ1v) is 4.98. The van der Waals surface area contributed by atoms with Gasteiger partial charge < -0.3 is 4.74 Å². The second kappa shape index (κ2) is 3.98. The maximum atomic E-state index is 5.51. The van der Waals surface area contributed by atoms with Crippen molar-refractivity contribution in [2.24, 2.45) is 5.84 Å². The number of nitrogens with one attached hydrogen (secondary N) is 1. The van der Waals surface area contributed by atoms with Gasteiger partial charge in [-0.3, -0.25) is 11.3 Å². The third kappa shape index (κ3) is 1.61. The molecule has 0 saturated heterocycles. The number of benzene rings is 1. The van der Waals surface area contributed by atoms with E-state index in [1.807, 2.05) is 6.07 Å². The van der Waals surface area contributed by atoms with E-state index in [0.717, 1.165) is 18.6 Å². The third-order valence-corrected chi connectivity index (χ3v) is 2.87. The lowest BCUT2D eigenvalue weighted by Crippen LogP contribution is -2.30. The van der Waals surface area contributed by atoms with E-state index in [4.69, 9.17) is 10.6 Å². The van der Waals surface area contributed by atoms with Crippen LogP contribution in [0.3, 0.4) is 0 Å². The molecule has 0 spiro atoms. The molecule has 0 heterocycles. The van der Waals surface area contributed by atoms with Gasteiger partial charge in [-0.15, -0.1) is 0 Å². The molecule has 3 heteroatoms. The second-order valence-electron chi connectivity index (χ2n) is 3.68. The first-order chi connectivity index (χ1) is 6.85. The van der Waals surface area contributed by atoms with Crippen molar-refractivity contribution in [2.75, 3.05) is 7.11 Å². The summed E-state index contributed by atoms with van der Waals surface area (Å²) in [6.45, 7) is 0. The smallest absolute Gasteiger partial charge is 0.119 e. The quantitative estimate of drug-likeness (QED) is 0.552. The molecule has 76 valence electrons. The highest BCUT2D eigenvalue weighted by Gasteiger charge is 2.18. The van der Waals surface area contributed by atoms with Gasteiger partial charge >= 0.3 is 0 Å². The Labute approximate surface area is 84.2 Å². The van der Waals surface area contributed by atoms with Gasteiger partial charge in [0.05, 0.1) is 7.11 Å². The van der Waals surface area contributed by atoms with E-state index < -0.39 is 0 Å². The Morgan fingerprint density at radius 1 is 1.50 bits per heavy atom. The molecule has 3 nitrogen and oxygen atoms in total. The molecule has 1 aliphatic carbocycles. The SMILES string of the molecule is COc1ccc2c(c1)CCCC2NN. The van der Waals surface area contributed by atoms with Crippen LogP contribution in [-0.4, -0.2) is 7.11 Å². The number of methoxy groups -OCH3 is 1. The van der Waals surface area contributed by atoms with Crippen LogP contribution >= 0.6 is 0 Å². The number of nitrogens with two attached hydrogens (primary N) is 1. The van der Waals surface area contributed by atoms with Gasteiger partial charge in [-0.25, -0.2) is 0 Å².